The van der Waals surface area contributed by atoms with Crippen molar-refractivity contribution in [1.29, 1.82) is 0 Å². The number of pyridine rings is 1. The van der Waals surface area contributed by atoms with Crippen molar-refractivity contribution in [3.8, 4) is 11.6 Å². The van der Waals surface area contributed by atoms with Crippen LogP contribution in [-0.4, -0.2) is 28.7 Å². The van der Waals surface area contributed by atoms with E-state index >= 15 is 0 Å². The van der Waals surface area contributed by atoms with Gasteiger partial charge in [-0.3, -0.25) is 4.90 Å². The number of fused-ring (bicyclic) bond motifs is 2. The molecule has 0 saturated heterocycles. The highest BCUT2D eigenvalue weighted by Crippen LogP contribution is 2.41. The highest BCUT2D eigenvalue weighted by Gasteiger charge is 2.24. The van der Waals surface area contributed by atoms with E-state index in [2.05, 4.69) is 54.1 Å². The average molecular weight is 435 g/mol. The molecule has 0 saturated carbocycles. The Labute approximate surface area is 187 Å². The predicted octanol–water partition coefficient (Wildman–Crippen LogP) is 6.38. The zero-order valence-corrected chi connectivity index (χ0v) is 18.8. The van der Waals surface area contributed by atoms with E-state index in [1.54, 1.807) is 12.1 Å². The zero-order valence-electron chi connectivity index (χ0n) is 18.0. The van der Waals surface area contributed by atoms with Gasteiger partial charge in [0.05, 0.1) is 0 Å². The lowest BCUT2D eigenvalue weighted by molar-refractivity contribution is 0.221. The van der Waals surface area contributed by atoms with Crippen LogP contribution in [0, 0.1) is 5.95 Å². The summed E-state index contributed by atoms with van der Waals surface area (Å²) >= 11 is 1.98. The second-order valence-electron chi connectivity index (χ2n) is 8.55. The molecule has 31 heavy (non-hydrogen) atoms. The summed E-state index contributed by atoms with van der Waals surface area (Å²) < 4.78 is 19.1. The standard InChI is InChI=1S/C26H27FN2OS/c1-17-16-31-24-9-7-20(15-23(17)24)18(2)29-12-10-19-6-8-22(14-21(19)11-13-29)30-26-5-3-4-25(27)28-26/h3-9,14-15,17-18H,10-13,16H2,1-2H3. The Kier molecular flexibility index (Phi) is 5.72. The third-order valence-electron chi connectivity index (χ3n) is 6.51. The minimum absolute atomic E-state index is 0.285. The van der Waals surface area contributed by atoms with Crippen molar-refractivity contribution in [2.45, 2.75) is 43.5 Å². The maximum atomic E-state index is 13.4. The van der Waals surface area contributed by atoms with Crippen molar-refractivity contribution >= 4 is 11.8 Å². The number of thioether (sulfide) groups is 1. The molecule has 3 aromatic rings. The van der Waals surface area contributed by atoms with E-state index in [-0.39, 0.29) is 5.88 Å². The average Bonchev–Trinajstić information content (AvgIpc) is 3.01. The first kappa shape index (κ1) is 20.5. The lowest BCUT2D eigenvalue weighted by atomic mass is 9.97. The Bertz CT molecular complexity index is 1100. The molecule has 0 radical (unpaired) electrons. The second kappa shape index (κ2) is 8.64. The molecule has 0 spiro atoms. The third kappa shape index (κ3) is 4.35. The smallest absolute Gasteiger partial charge is 0.221 e. The van der Waals surface area contributed by atoms with Crippen molar-refractivity contribution < 1.29 is 9.13 Å². The lowest BCUT2D eigenvalue weighted by Gasteiger charge is -2.28. The molecule has 0 aliphatic carbocycles. The van der Waals surface area contributed by atoms with E-state index in [0.29, 0.717) is 17.7 Å². The van der Waals surface area contributed by atoms with Crippen molar-refractivity contribution in [3.63, 3.8) is 0 Å². The summed E-state index contributed by atoms with van der Waals surface area (Å²) in [5.41, 5.74) is 5.61. The van der Waals surface area contributed by atoms with Gasteiger partial charge in [0, 0.05) is 35.8 Å². The Hall–Kier alpha value is -2.37. The molecule has 2 aliphatic rings. The molecule has 5 rings (SSSR count). The summed E-state index contributed by atoms with van der Waals surface area (Å²) in [4.78, 5) is 7.84. The molecule has 1 aromatic heterocycles. The maximum Gasteiger partial charge on any atom is 0.221 e. The Morgan fingerprint density at radius 3 is 2.74 bits per heavy atom. The van der Waals surface area contributed by atoms with Crippen molar-refractivity contribution in [1.82, 2.24) is 9.88 Å². The second-order valence-corrected chi connectivity index (χ2v) is 9.61. The van der Waals surface area contributed by atoms with E-state index in [9.17, 15) is 4.39 Å². The fourth-order valence-electron chi connectivity index (χ4n) is 4.60. The molecule has 0 bridgehead atoms. The summed E-state index contributed by atoms with van der Waals surface area (Å²) in [5, 5.41) is 0. The van der Waals surface area contributed by atoms with Gasteiger partial charge in [-0.25, -0.2) is 0 Å². The van der Waals surface area contributed by atoms with Gasteiger partial charge >= 0.3 is 0 Å². The molecule has 2 unspecified atom stereocenters. The van der Waals surface area contributed by atoms with E-state index < -0.39 is 5.95 Å². The van der Waals surface area contributed by atoms with Gasteiger partial charge in [0.2, 0.25) is 11.8 Å². The SMILES string of the molecule is CC1CSc2ccc(C(C)N3CCc4ccc(Oc5cccc(F)n5)cc4CC3)cc21. The van der Waals surface area contributed by atoms with Crippen LogP contribution in [0.15, 0.2) is 59.5 Å². The van der Waals surface area contributed by atoms with Gasteiger partial charge in [-0.15, -0.1) is 11.8 Å². The number of halogens is 1. The Morgan fingerprint density at radius 1 is 1.06 bits per heavy atom. The molecule has 2 aliphatic heterocycles. The van der Waals surface area contributed by atoms with Crippen LogP contribution in [0.1, 0.15) is 48.1 Å². The molecule has 0 fully saturated rings. The van der Waals surface area contributed by atoms with Crippen molar-refractivity contribution in [2.24, 2.45) is 0 Å². The summed E-state index contributed by atoms with van der Waals surface area (Å²) in [6, 6.07) is 18.2. The van der Waals surface area contributed by atoms with Gasteiger partial charge in [-0.05, 0) is 72.2 Å². The lowest BCUT2D eigenvalue weighted by Crippen LogP contribution is -2.29. The van der Waals surface area contributed by atoms with Gasteiger partial charge in [-0.1, -0.05) is 31.2 Å². The Morgan fingerprint density at radius 2 is 1.90 bits per heavy atom. The third-order valence-corrected chi connectivity index (χ3v) is 7.86. The van der Waals surface area contributed by atoms with Crippen molar-refractivity contribution in [2.75, 3.05) is 18.8 Å². The molecule has 5 heteroatoms. The summed E-state index contributed by atoms with van der Waals surface area (Å²) in [7, 11) is 0. The highest BCUT2D eigenvalue weighted by molar-refractivity contribution is 7.99. The molecular weight excluding hydrogens is 407 g/mol. The quantitative estimate of drug-likeness (QED) is 0.445. The largest absolute Gasteiger partial charge is 0.439 e. The van der Waals surface area contributed by atoms with Gasteiger partial charge < -0.3 is 4.74 Å². The normalized spacial score (nSPS) is 19.4. The van der Waals surface area contributed by atoms with Crippen LogP contribution in [0.4, 0.5) is 4.39 Å². The van der Waals surface area contributed by atoms with E-state index in [1.807, 2.05) is 17.8 Å². The van der Waals surface area contributed by atoms with Crippen LogP contribution in [0.3, 0.4) is 0 Å². The molecule has 2 atom stereocenters. The van der Waals surface area contributed by atoms with Crippen LogP contribution in [0.2, 0.25) is 0 Å². The topological polar surface area (TPSA) is 25.4 Å². The number of ether oxygens (including phenoxy) is 1. The number of nitrogens with zero attached hydrogens (tertiary/aromatic N) is 2. The van der Waals surface area contributed by atoms with Crippen LogP contribution < -0.4 is 4.74 Å². The first-order chi connectivity index (χ1) is 15.1. The van der Waals surface area contributed by atoms with Gasteiger partial charge in [0.15, 0.2) is 0 Å². The summed E-state index contributed by atoms with van der Waals surface area (Å²) in [5.74, 6) is 2.31. The molecule has 0 amide bonds. The number of benzene rings is 2. The van der Waals surface area contributed by atoms with Crippen molar-refractivity contribution in [3.05, 3.63) is 82.8 Å². The van der Waals surface area contributed by atoms with E-state index in [4.69, 9.17) is 4.74 Å². The fourth-order valence-corrected chi connectivity index (χ4v) is 5.80. The number of hydrogen-bond acceptors (Lipinski definition) is 4. The van der Waals surface area contributed by atoms with Crippen LogP contribution >= 0.6 is 11.8 Å². The number of aromatic nitrogens is 1. The van der Waals surface area contributed by atoms with E-state index in [0.717, 1.165) is 25.9 Å². The minimum atomic E-state index is -0.531. The van der Waals surface area contributed by atoms with Crippen LogP contribution in [0.25, 0.3) is 0 Å². The maximum absolute atomic E-state index is 13.4. The van der Waals surface area contributed by atoms with Gasteiger partial charge in [0.25, 0.3) is 0 Å². The first-order valence-electron chi connectivity index (χ1n) is 11.0. The van der Waals surface area contributed by atoms with Gasteiger partial charge in [0.1, 0.15) is 5.75 Å². The minimum Gasteiger partial charge on any atom is -0.439 e. The summed E-state index contributed by atoms with van der Waals surface area (Å²) in [6.45, 7) is 6.71. The molecule has 0 N–H and O–H groups in total. The van der Waals surface area contributed by atoms with E-state index in [1.165, 1.54) is 39.0 Å². The molecule has 2 aromatic carbocycles. The van der Waals surface area contributed by atoms with Crippen LogP contribution in [-0.2, 0) is 12.8 Å². The monoisotopic (exact) mass is 434 g/mol. The molecule has 160 valence electrons. The number of hydrogen-bond donors (Lipinski definition) is 0. The highest BCUT2D eigenvalue weighted by atomic mass is 32.2. The first-order valence-corrected chi connectivity index (χ1v) is 12.0. The predicted molar refractivity (Wildman–Crippen MR) is 124 cm³/mol. The molecular formula is C26H27FN2OS. The Balaban J connectivity index is 1.30. The van der Waals surface area contributed by atoms with Gasteiger partial charge in [-0.2, -0.15) is 9.37 Å². The molecule has 3 nitrogen and oxygen atoms in total. The summed E-state index contributed by atoms with van der Waals surface area (Å²) in [6.07, 6.45) is 2.00. The number of rotatable bonds is 4. The zero-order chi connectivity index (χ0) is 21.4. The fraction of sp³-hybridized carbons (Fsp3) is 0.346. The van der Waals surface area contributed by atoms with Crippen LogP contribution in [0.5, 0.6) is 11.6 Å². The molecule has 3 heterocycles.